The van der Waals surface area contributed by atoms with Crippen molar-refractivity contribution < 1.29 is 14.6 Å². The van der Waals surface area contributed by atoms with Crippen LogP contribution >= 0.6 is 0 Å². The van der Waals surface area contributed by atoms with Crippen molar-refractivity contribution in [3.8, 4) is 11.3 Å². The second kappa shape index (κ2) is 7.57. The van der Waals surface area contributed by atoms with Gasteiger partial charge < -0.3 is 14.7 Å². The van der Waals surface area contributed by atoms with Crippen LogP contribution in [0.4, 0.5) is 0 Å². The summed E-state index contributed by atoms with van der Waals surface area (Å²) in [6.07, 6.45) is 7.23. The van der Waals surface area contributed by atoms with E-state index in [9.17, 15) is 9.90 Å². The SMILES string of the molecule is O=CN1CCc2c(c(-c3cc(CO)cc4ccncc34)nn2C2CCOCC2)C1. The first kappa shape index (κ1) is 18.3. The Bertz CT molecular complexity index is 1060. The van der Waals surface area contributed by atoms with Gasteiger partial charge in [0.2, 0.25) is 6.41 Å². The zero-order valence-corrected chi connectivity index (χ0v) is 16.3. The number of nitrogens with zero attached hydrogens (tertiary/aromatic N) is 4. The average Bonchev–Trinajstić information content (AvgIpc) is 3.17. The smallest absolute Gasteiger partial charge is 0.210 e. The summed E-state index contributed by atoms with van der Waals surface area (Å²) in [5.74, 6) is 0. The first-order valence-corrected chi connectivity index (χ1v) is 10.1. The molecule has 150 valence electrons. The number of carbonyl (C=O) groups excluding carboxylic acids is 1. The van der Waals surface area contributed by atoms with Crippen molar-refractivity contribution in [1.29, 1.82) is 0 Å². The summed E-state index contributed by atoms with van der Waals surface area (Å²) in [6, 6.07) is 6.26. The highest BCUT2D eigenvalue weighted by atomic mass is 16.5. The van der Waals surface area contributed by atoms with Crippen molar-refractivity contribution in [1.82, 2.24) is 19.7 Å². The topological polar surface area (TPSA) is 80.5 Å². The van der Waals surface area contributed by atoms with E-state index in [0.29, 0.717) is 19.1 Å². The van der Waals surface area contributed by atoms with Crippen molar-refractivity contribution in [2.45, 2.75) is 38.5 Å². The fraction of sp³-hybridized carbons (Fsp3) is 0.409. The Morgan fingerprint density at radius 3 is 2.93 bits per heavy atom. The molecule has 2 aromatic heterocycles. The molecular weight excluding hydrogens is 368 g/mol. The molecule has 1 N–H and O–H groups in total. The number of carbonyl (C=O) groups is 1. The van der Waals surface area contributed by atoms with Crippen LogP contribution in [0.1, 0.15) is 35.7 Å². The molecule has 0 atom stereocenters. The summed E-state index contributed by atoms with van der Waals surface area (Å²) in [5.41, 5.74) is 5.03. The third kappa shape index (κ3) is 3.20. The monoisotopic (exact) mass is 392 g/mol. The van der Waals surface area contributed by atoms with E-state index in [1.165, 1.54) is 5.69 Å². The van der Waals surface area contributed by atoms with Crippen molar-refractivity contribution in [3.05, 3.63) is 47.4 Å². The van der Waals surface area contributed by atoms with Crippen molar-refractivity contribution in [2.24, 2.45) is 0 Å². The highest BCUT2D eigenvalue weighted by Gasteiger charge is 2.29. The molecule has 5 rings (SSSR count). The van der Waals surface area contributed by atoms with Crippen molar-refractivity contribution >= 4 is 17.2 Å². The van der Waals surface area contributed by atoms with Gasteiger partial charge in [0.05, 0.1) is 18.3 Å². The molecule has 29 heavy (non-hydrogen) atoms. The normalized spacial score (nSPS) is 17.5. The Morgan fingerprint density at radius 2 is 2.14 bits per heavy atom. The number of pyridine rings is 1. The van der Waals surface area contributed by atoms with Gasteiger partial charge in [-0.05, 0) is 42.0 Å². The third-order valence-corrected chi connectivity index (χ3v) is 6.05. The van der Waals surface area contributed by atoms with Gasteiger partial charge in [0.1, 0.15) is 0 Å². The Hall–Kier alpha value is -2.77. The second-order valence-corrected chi connectivity index (χ2v) is 7.79. The zero-order valence-electron chi connectivity index (χ0n) is 16.3. The summed E-state index contributed by atoms with van der Waals surface area (Å²) in [7, 11) is 0. The molecule has 7 heteroatoms. The lowest BCUT2D eigenvalue weighted by Crippen LogP contribution is -2.31. The van der Waals surface area contributed by atoms with Crippen LogP contribution in [0.15, 0.2) is 30.6 Å². The number of aromatic nitrogens is 3. The minimum absolute atomic E-state index is 0.0331. The Morgan fingerprint density at radius 1 is 1.28 bits per heavy atom. The molecule has 0 radical (unpaired) electrons. The van der Waals surface area contributed by atoms with Gasteiger partial charge in [-0.1, -0.05) is 0 Å². The number of rotatable bonds is 4. The quantitative estimate of drug-likeness (QED) is 0.690. The van der Waals surface area contributed by atoms with Gasteiger partial charge >= 0.3 is 0 Å². The third-order valence-electron chi connectivity index (χ3n) is 6.05. The van der Waals surface area contributed by atoms with E-state index in [2.05, 4.69) is 9.67 Å². The molecule has 1 aromatic carbocycles. The molecule has 2 aliphatic rings. The maximum atomic E-state index is 11.5. The molecule has 0 aliphatic carbocycles. The van der Waals surface area contributed by atoms with Crippen LogP contribution in [0.2, 0.25) is 0 Å². The first-order chi connectivity index (χ1) is 14.3. The van der Waals surface area contributed by atoms with Gasteiger partial charge in [-0.25, -0.2) is 0 Å². The molecule has 0 bridgehead atoms. The molecule has 0 saturated carbocycles. The molecule has 0 spiro atoms. The molecule has 0 unspecified atom stereocenters. The van der Waals surface area contributed by atoms with Crippen LogP contribution in [-0.4, -0.2) is 50.9 Å². The lowest BCUT2D eigenvalue weighted by Gasteiger charge is -2.28. The van der Waals surface area contributed by atoms with Crippen LogP contribution < -0.4 is 0 Å². The largest absolute Gasteiger partial charge is 0.392 e. The number of hydrogen-bond acceptors (Lipinski definition) is 5. The molecule has 4 heterocycles. The van der Waals surface area contributed by atoms with Crippen LogP contribution in [0, 0.1) is 0 Å². The van der Waals surface area contributed by atoms with E-state index in [0.717, 1.165) is 72.0 Å². The molecule has 1 saturated heterocycles. The lowest BCUT2D eigenvalue weighted by atomic mass is 9.95. The fourth-order valence-corrected chi connectivity index (χ4v) is 4.55. The molecule has 7 nitrogen and oxygen atoms in total. The number of hydrogen-bond donors (Lipinski definition) is 1. The van der Waals surface area contributed by atoms with E-state index >= 15 is 0 Å². The molecule has 2 aliphatic heterocycles. The van der Waals surface area contributed by atoms with Gasteiger partial charge in [0.25, 0.3) is 0 Å². The maximum Gasteiger partial charge on any atom is 0.210 e. The second-order valence-electron chi connectivity index (χ2n) is 7.79. The van der Waals surface area contributed by atoms with E-state index in [1.807, 2.05) is 24.4 Å². The first-order valence-electron chi connectivity index (χ1n) is 10.1. The van der Waals surface area contributed by atoms with Gasteiger partial charge in [0.15, 0.2) is 0 Å². The van der Waals surface area contributed by atoms with Gasteiger partial charge in [-0.2, -0.15) is 5.10 Å². The van der Waals surface area contributed by atoms with E-state index in [4.69, 9.17) is 9.84 Å². The number of ether oxygens (including phenoxy) is 1. The molecular formula is C22H24N4O3. The number of aliphatic hydroxyl groups excluding tert-OH is 1. The van der Waals surface area contributed by atoms with E-state index < -0.39 is 0 Å². The zero-order chi connectivity index (χ0) is 19.8. The van der Waals surface area contributed by atoms with Gasteiger partial charge in [-0.15, -0.1) is 0 Å². The maximum absolute atomic E-state index is 11.5. The Labute approximate surface area is 168 Å². The minimum atomic E-state index is -0.0331. The summed E-state index contributed by atoms with van der Waals surface area (Å²) in [5, 5.41) is 16.9. The Balaban J connectivity index is 1.72. The van der Waals surface area contributed by atoms with Gasteiger partial charge in [-0.3, -0.25) is 14.5 Å². The van der Waals surface area contributed by atoms with Crippen LogP contribution in [0.5, 0.6) is 0 Å². The minimum Gasteiger partial charge on any atom is -0.392 e. The summed E-state index contributed by atoms with van der Waals surface area (Å²) in [4.78, 5) is 17.6. The number of aliphatic hydroxyl groups is 1. The number of amides is 1. The average molecular weight is 392 g/mol. The molecule has 1 amide bonds. The standard InChI is InChI=1S/C22H24N4O3/c27-13-15-9-16-1-5-23-11-19(16)18(10-15)22-20-12-25(14-28)6-2-21(20)26(24-22)17-3-7-29-8-4-17/h1,5,9-11,14,17,27H,2-4,6-8,12-13H2. The summed E-state index contributed by atoms with van der Waals surface area (Å²) < 4.78 is 7.73. The highest BCUT2D eigenvalue weighted by molar-refractivity contribution is 5.96. The lowest BCUT2D eigenvalue weighted by molar-refractivity contribution is -0.118. The summed E-state index contributed by atoms with van der Waals surface area (Å²) in [6.45, 7) is 2.74. The van der Waals surface area contributed by atoms with E-state index in [1.54, 1.807) is 11.1 Å². The number of benzene rings is 1. The van der Waals surface area contributed by atoms with Crippen molar-refractivity contribution in [2.75, 3.05) is 19.8 Å². The number of fused-ring (bicyclic) bond motifs is 2. The molecule has 1 fully saturated rings. The van der Waals surface area contributed by atoms with E-state index in [-0.39, 0.29) is 6.61 Å². The summed E-state index contributed by atoms with van der Waals surface area (Å²) >= 11 is 0. The molecule has 3 aromatic rings. The predicted molar refractivity (Wildman–Crippen MR) is 108 cm³/mol. The Kier molecular flexibility index (Phi) is 4.77. The predicted octanol–water partition coefficient (Wildman–Crippen LogP) is 2.46. The fourth-order valence-electron chi connectivity index (χ4n) is 4.55. The highest BCUT2D eigenvalue weighted by Crippen LogP contribution is 2.37. The van der Waals surface area contributed by atoms with Gasteiger partial charge in [0, 0.05) is 67.3 Å². The van der Waals surface area contributed by atoms with Crippen LogP contribution in [0.25, 0.3) is 22.0 Å². The van der Waals surface area contributed by atoms with Crippen LogP contribution in [-0.2, 0) is 29.1 Å². The van der Waals surface area contributed by atoms with Crippen LogP contribution in [0.3, 0.4) is 0 Å². The van der Waals surface area contributed by atoms with Crippen molar-refractivity contribution in [3.63, 3.8) is 0 Å².